The molecule has 0 radical (unpaired) electrons. The number of aryl methyl sites for hydroxylation is 3. The van der Waals surface area contributed by atoms with Crippen LogP contribution in [-0.4, -0.2) is 16.8 Å². The van der Waals surface area contributed by atoms with Gasteiger partial charge in [0.05, 0.1) is 5.69 Å². The van der Waals surface area contributed by atoms with Crippen LogP contribution in [0.5, 0.6) is 0 Å². The first kappa shape index (κ1) is 12.9. The number of likely N-dealkylation sites (N-methyl/N-ethyl adjacent to an activating group) is 1. The van der Waals surface area contributed by atoms with Gasteiger partial charge in [0.25, 0.3) is 0 Å². The van der Waals surface area contributed by atoms with Crippen LogP contribution in [0.3, 0.4) is 0 Å². The molecule has 0 aliphatic rings. The molecule has 2 rings (SSSR count). The number of hydrogen-bond acceptors (Lipinski definition) is 3. The van der Waals surface area contributed by atoms with Crippen molar-refractivity contribution in [2.45, 2.75) is 33.2 Å². The van der Waals surface area contributed by atoms with Gasteiger partial charge in [-0.15, -0.1) is 0 Å². The molecule has 0 aliphatic heterocycles. The molecule has 0 amide bonds. The van der Waals surface area contributed by atoms with E-state index in [1.165, 1.54) is 11.1 Å². The standard InChI is InChI=1S/C14H21N3O/c1-9-10(2)18-11(3)14(9)13(15-4)8-12-6-7-17(5)16-12/h6-7,13,15H,8H2,1-5H3. The van der Waals surface area contributed by atoms with Gasteiger partial charge >= 0.3 is 0 Å². The van der Waals surface area contributed by atoms with E-state index in [-0.39, 0.29) is 6.04 Å². The molecule has 0 fully saturated rings. The third-order valence-electron chi connectivity index (χ3n) is 3.50. The Hall–Kier alpha value is -1.55. The second kappa shape index (κ2) is 4.98. The van der Waals surface area contributed by atoms with E-state index in [0.29, 0.717) is 0 Å². The van der Waals surface area contributed by atoms with Crippen molar-refractivity contribution >= 4 is 0 Å². The molecule has 0 aromatic carbocycles. The second-order valence-corrected chi connectivity index (χ2v) is 4.78. The van der Waals surface area contributed by atoms with Crippen molar-refractivity contribution in [1.29, 1.82) is 0 Å². The molecule has 1 N–H and O–H groups in total. The Balaban J connectivity index is 2.28. The maximum atomic E-state index is 5.71. The fraction of sp³-hybridized carbons (Fsp3) is 0.500. The highest BCUT2D eigenvalue weighted by Crippen LogP contribution is 2.28. The first-order valence-corrected chi connectivity index (χ1v) is 6.25. The predicted octanol–water partition coefficient (Wildman–Crippen LogP) is 2.44. The van der Waals surface area contributed by atoms with Crippen molar-refractivity contribution in [3.05, 3.63) is 40.6 Å². The van der Waals surface area contributed by atoms with Gasteiger partial charge in [0.2, 0.25) is 0 Å². The summed E-state index contributed by atoms with van der Waals surface area (Å²) in [6.45, 7) is 6.15. The van der Waals surface area contributed by atoms with Crippen molar-refractivity contribution in [2.75, 3.05) is 7.05 Å². The summed E-state index contributed by atoms with van der Waals surface area (Å²) in [5, 5.41) is 7.80. The van der Waals surface area contributed by atoms with Gasteiger partial charge < -0.3 is 9.73 Å². The number of hydrogen-bond donors (Lipinski definition) is 1. The van der Waals surface area contributed by atoms with Crippen LogP contribution in [-0.2, 0) is 13.5 Å². The molecule has 0 bridgehead atoms. The molecule has 0 saturated carbocycles. The fourth-order valence-corrected chi connectivity index (χ4v) is 2.45. The highest BCUT2D eigenvalue weighted by atomic mass is 16.3. The number of furan rings is 1. The van der Waals surface area contributed by atoms with Crippen molar-refractivity contribution in [3.63, 3.8) is 0 Å². The largest absolute Gasteiger partial charge is 0.466 e. The van der Waals surface area contributed by atoms with Crippen LogP contribution >= 0.6 is 0 Å². The van der Waals surface area contributed by atoms with E-state index in [9.17, 15) is 0 Å². The zero-order valence-electron chi connectivity index (χ0n) is 11.7. The van der Waals surface area contributed by atoms with Gasteiger partial charge in [0.1, 0.15) is 11.5 Å². The maximum Gasteiger partial charge on any atom is 0.106 e. The van der Waals surface area contributed by atoms with Gasteiger partial charge in [-0.2, -0.15) is 5.10 Å². The van der Waals surface area contributed by atoms with E-state index in [2.05, 4.69) is 23.4 Å². The average molecular weight is 247 g/mol. The van der Waals surface area contributed by atoms with E-state index in [0.717, 1.165) is 23.6 Å². The molecule has 98 valence electrons. The average Bonchev–Trinajstić information content (AvgIpc) is 2.82. The lowest BCUT2D eigenvalue weighted by Gasteiger charge is -2.15. The van der Waals surface area contributed by atoms with Gasteiger partial charge in [-0.25, -0.2) is 0 Å². The first-order valence-electron chi connectivity index (χ1n) is 6.25. The Labute approximate surface area is 108 Å². The Morgan fingerprint density at radius 3 is 2.50 bits per heavy atom. The molecule has 1 unspecified atom stereocenters. The molecule has 4 nitrogen and oxygen atoms in total. The number of aromatic nitrogens is 2. The number of nitrogens with one attached hydrogen (secondary N) is 1. The minimum absolute atomic E-state index is 0.248. The maximum absolute atomic E-state index is 5.71. The highest BCUT2D eigenvalue weighted by Gasteiger charge is 2.20. The minimum Gasteiger partial charge on any atom is -0.466 e. The van der Waals surface area contributed by atoms with Crippen molar-refractivity contribution in [1.82, 2.24) is 15.1 Å². The minimum atomic E-state index is 0.248. The first-order chi connectivity index (χ1) is 8.52. The molecular formula is C14H21N3O. The lowest BCUT2D eigenvalue weighted by molar-refractivity contribution is 0.488. The molecule has 0 aliphatic carbocycles. The van der Waals surface area contributed by atoms with Crippen LogP contribution in [0.4, 0.5) is 0 Å². The third-order valence-corrected chi connectivity index (χ3v) is 3.50. The molecule has 0 saturated heterocycles. The summed E-state index contributed by atoms with van der Waals surface area (Å²) in [5.74, 6) is 2.00. The third kappa shape index (κ3) is 2.34. The lowest BCUT2D eigenvalue weighted by atomic mass is 9.98. The van der Waals surface area contributed by atoms with Crippen molar-refractivity contribution in [2.24, 2.45) is 7.05 Å². The Kier molecular flexibility index (Phi) is 3.57. The Morgan fingerprint density at radius 2 is 2.06 bits per heavy atom. The van der Waals surface area contributed by atoms with Gasteiger partial charge in [0.15, 0.2) is 0 Å². The van der Waals surface area contributed by atoms with E-state index < -0.39 is 0 Å². The Morgan fingerprint density at radius 1 is 1.33 bits per heavy atom. The SMILES string of the molecule is CNC(Cc1ccn(C)n1)c1c(C)oc(C)c1C. The van der Waals surface area contributed by atoms with Crippen molar-refractivity contribution < 1.29 is 4.42 Å². The highest BCUT2D eigenvalue weighted by molar-refractivity contribution is 5.35. The summed E-state index contributed by atoms with van der Waals surface area (Å²) in [7, 11) is 3.92. The zero-order valence-corrected chi connectivity index (χ0v) is 11.7. The summed E-state index contributed by atoms with van der Waals surface area (Å²) in [5.41, 5.74) is 3.60. The lowest BCUT2D eigenvalue weighted by Crippen LogP contribution is -2.20. The molecule has 18 heavy (non-hydrogen) atoms. The summed E-state index contributed by atoms with van der Waals surface area (Å²) < 4.78 is 7.54. The van der Waals surface area contributed by atoms with Gasteiger partial charge in [-0.3, -0.25) is 4.68 Å². The quantitative estimate of drug-likeness (QED) is 0.902. The topological polar surface area (TPSA) is 43.0 Å². The molecule has 4 heteroatoms. The van der Waals surface area contributed by atoms with Gasteiger partial charge in [0, 0.05) is 31.3 Å². The summed E-state index contributed by atoms with van der Waals surface area (Å²) in [6, 6.07) is 2.31. The van der Waals surface area contributed by atoms with Crippen LogP contribution < -0.4 is 5.32 Å². The fourth-order valence-electron chi connectivity index (χ4n) is 2.45. The smallest absolute Gasteiger partial charge is 0.106 e. The van der Waals surface area contributed by atoms with E-state index in [1.807, 2.05) is 38.8 Å². The molecule has 2 heterocycles. The second-order valence-electron chi connectivity index (χ2n) is 4.78. The summed E-state index contributed by atoms with van der Waals surface area (Å²) in [6.07, 6.45) is 2.85. The molecular weight excluding hydrogens is 226 g/mol. The summed E-state index contributed by atoms with van der Waals surface area (Å²) >= 11 is 0. The molecule has 2 aromatic rings. The normalized spacial score (nSPS) is 12.9. The van der Waals surface area contributed by atoms with E-state index >= 15 is 0 Å². The van der Waals surface area contributed by atoms with Gasteiger partial charge in [-0.05, 0) is 39.4 Å². The molecule has 0 spiro atoms. The van der Waals surface area contributed by atoms with Crippen LogP contribution in [0.15, 0.2) is 16.7 Å². The number of rotatable bonds is 4. The monoisotopic (exact) mass is 247 g/mol. The molecule has 2 aromatic heterocycles. The van der Waals surface area contributed by atoms with Crippen LogP contribution in [0, 0.1) is 20.8 Å². The van der Waals surface area contributed by atoms with Crippen LogP contribution in [0.1, 0.15) is 34.4 Å². The van der Waals surface area contributed by atoms with Crippen LogP contribution in [0.2, 0.25) is 0 Å². The predicted molar refractivity (Wildman–Crippen MR) is 71.6 cm³/mol. The van der Waals surface area contributed by atoms with Crippen LogP contribution in [0.25, 0.3) is 0 Å². The Bertz CT molecular complexity index is 539. The zero-order chi connectivity index (χ0) is 13.3. The van der Waals surface area contributed by atoms with Crippen molar-refractivity contribution in [3.8, 4) is 0 Å². The number of nitrogens with zero attached hydrogens (tertiary/aromatic N) is 2. The van der Waals surface area contributed by atoms with E-state index in [4.69, 9.17) is 4.42 Å². The van der Waals surface area contributed by atoms with E-state index in [1.54, 1.807) is 0 Å². The molecule has 1 atom stereocenters. The van der Waals surface area contributed by atoms with Gasteiger partial charge in [-0.1, -0.05) is 0 Å². The summed E-state index contributed by atoms with van der Waals surface area (Å²) in [4.78, 5) is 0.